The number of benzene rings is 1. The van der Waals surface area contributed by atoms with E-state index >= 15 is 0 Å². The highest BCUT2D eigenvalue weighted by Crippen LogP contribution is 2.24. The van der Waals surface area contributed by atoms with Crippen LogP contribution in [0.1, 0.15) is 11.7 Å². The second kappa shape index (κ2) is 7.50. The summed E-state index contributed by atoms with van der Waals surface area (Å²) in [4.78, 5) is 13.3. The number of ether oxygens (including phenoxy) is 1. The standard InChI is InChI=1S/C19H24N6O2/c1-23-18-16(11-22-23)19(21-13-20-18)25-8-6-24(7-9-25)12-17(26)14-4-3-5-15(10-14)27-2/h3-5,10-11,13,17,26H,6-9,12H2,1-2H3. The normalized spacial score (nSPS) is 16.6. The maximum Gasteiger partial charge on any atom is 0.163 e. The molecule has 0 spiro atoms. The quantitative estimate of drug-likeness (QED) is 0.725. The van der Waals surface area contributed by atoms with Crippen molar-refractivity contribution in [2.24, 2.45) is 7.05 Å². The fraction of sp³-hybridized carbons (Fsp3) is 0.421. The number of methoxy groups -OCH3 is 1. The van der Waals surface area contributed by atoms with Gasteiger partial charge in [-0.2, -0.15) is 5.10 Å². The molecule has 27 heavy (non-hydrogen) atoms. The van der Waals surface area contributed by atoms with Crippen molar-refractivity contribution in [2.45, 2.75) is 6.10 Å². The Morgan fingerprint density at radius 1 is 1.19 bits per heavy atom. The first-order valence-corrected chi connectivity index (χ1v) is 9.07. The van der Waals surface area contributed by atoms with Crippen LogP contribution < -0.4 is 9.64 Å². The molecule has 0 bridgehead atoms. The van der Waals surface area contributed by atoms with E-state index in [1.165, 1.54) is 0 Å². The van der Waals surface area contributed by atoms with Gasteiger partial charge in [0.2, 0.25) is 0 Å². The maximum absolute atomic E-state index is 10.6. The molecule has 1 unspecified atom stereocenters. The average Bonchev–Trinajstić information content (AvgIpc) is 3.10. The van der Waals surface area contributed by atoms with Crippen molar-refractivity contribution in [2.75, 3.05) is 44.7 Å². The third kappa shape index (κ3) is 3.58. The van der Waals surface area contributed by atoms with Crippen LogP contribution in [0.2, 0.25) is 0 Å². The second-order valence-electron chi connectivity index (χ2n) is 6.78. The molecule has 3 heterocycles. The highest BCUT2D eigenvalue weighted by atomic mass is 16.5. The van der Waals surface area contributed by atoms with Crippen LogP contribution in [-0.2, 0) is 7.05 Å². The third-order valence-electron chi connectivity index (χ3n) is 5.09. The van der Waals surface area contributed by atoms with E-state index in [4.69, 9.17) is 4.74 Å². The predicted molar refractivity (Wildman–Crippen MR) is 103 cm³/mol. The number of nitrogens with zero attached hydrogens (tertiary/aromatic N) is 6. The van der Waals surface area contributed by atoms with Gasteiger partial charge in [-0.25, -0.2) is 9.97 Å². The van der Waals surface area contributed by atoms with Crippen molar-refractivity contribution < 1.29 is 9.84 Å². The Kier molecular flexibility index (Phi) is 4.91. The summed E-state index contributed by atoms with van der Waals surface area (Å²) in [5, 5.41) is 15.8. The monoisotopic (exact) mass is 368 g/mol. The van der Waals surface area contributed by atoms with Crippen LogP contribution >= 0.6 is 0 Å². The van der Waals surface area contributed by atoms with Crippen LogP contribution in [0.5, 0.6) is 5.75 Å². The Morgan fingerprint density at radius 3 is 2.78 bits per heavy atom. The fourth-order valence-electron chi connectivity index (χ4n) is 3.54. The van der Waals surface area contributed by atoms with E-state index in [1.54, 1.807) is 18.1 Å². The topological polar surface area (TPSA) is 79.5 Å². The largest absolute Gasteiger partial charge is 0.497 e. The predicted octanol–water partition coefficient (Wildman–Crippen LogP) is 1.23. The zero-order chi connectivity index (χ0) is 18.8. The summed E-state index contributed by atoms with van der Waals surface area (Å²) in [6.07, 6.45) is 2.89. The number of anilines is 1. The van der Waals surface area contributed by atoms with Crippen molar-refractivity contribution in [1.82, 2.24) is 24.6 Å². The first-order valence-electron chi connectivity index (χ1n) is 9.07. The summed E-state index contributed by atoms with van der Waals surface area (Å²) in [6, 6.07) is 7.61. The van der Waals surface area contributed by atoms with Crippen LogP contribution in [-0.4, -0.2) is 69.6 Å². The molecule has 1 aliphatic heterocycles. The van der Waals surface area contributed by atoms with Crippen molar-refractivity contribution in [3.63, 3.8) is 0 Å². The number of aliphatic hydroxyl groups is 1. The lowest BCUT2D eigenvalue weighted by Gasteiger charge is -2.36. The molecule has 8 nitrogen and oxygen atoms in total. The van der Waals surface area contributed by atoms with Gasteiger partial charge in [0.15, 0.2) is 5.65 Å². The van der Waals surface area contributed by atoms with Gasteiger partial charge in [-0.3, -0.25) is 9.58 Å². The Labute approximate surface area is 158 Å². The van der Waals surface area contributed by atoms with Crippen molar-refractivity contribution in [1.29, 1.82) is 0 Å². The van der Waals surface area contributed by atoms with Crippen LogP contribution in [0.25, 0.3) is 11.0 Å². The second-order valence-corrected chi connectivity index (χ2v) is 6.78. The summed E-state index contributed by atoms with van der Waals surface area (Å²) < 4.78 is 7.01. The molecule has 0 radical (unpaired) electrons. The van der Waals surface area contributed by atoms with Crippen molar-refractivity contribution >= 4 is 16.9 Å². The molecule has 8 heteroatoms. The number of aryl methyl sites for hydroxylation is 1. The SMILES string of the molecule is COc1cccc(C(O)CN2CCN(c3ncnc4c3cnn4C)CC2)c1. The number of hydrogen-bond donors (Lipinski definition) is 1. The lowest BCUT2D eigenvalue weighted by atomic mass is 10.1. The van der Waals surface area contributed by atoms with Crippen molar-refractivity contribution in [3.05, 3.63) is 42.4 Å². The van der Waals surface area contributed by atoms with Crippen LogP contribution in [0.3, 0.4) is 0 Å². The molecule has 1 N–H and O–H groups in total. The zero-order valence-corrected chi connectivity index (χ0v) is 15.6. The Morgan fingerprint density at radius 2 is 2.00 bits per heavy atom. The highest BCUT2D eigenvalue weighted by molar-refractivity contribution is 5.86. The molecule has 1 atom stereocenters. The van der Waals surface area contributed by atoms with E-state index in [-0.39, 0.29) is 0 Å². The number of rotatable bonds is 5. The molecule has 4 rings (SSSR count). The number of aliphatic hydroxyl groups excluding tert-OH is 1. The molecule has 0 aliphatic carbocycles. The molecule has 142 valence electrons. The first kappa shape index (κ1) is 17.7. The van der Waals surface area contributed by atoms with Gasteiger partial charge in [0.1, 0.15) is 17.9 Å². The smallest absolute Gasteiger partial charge is 0.163 e. The molecule has 3 aromatic rings. The van der Waals surface area contributed by atoms with Gasteiger partial charge >= 0.3 is 0 Å². The summed E-state index contributed by atoms with van der Waals surface area (Å²) in [5.41, 5.74) is 1.72. The van der Waals surface area contributed by atoms with Crippen molar-refractivity contribution in [3.8, 4) is 5.75 Å². The number of fused-ring (bicyclic) bond motifs is 1. The summed E-state index contributed by atoms with van der Waals surface area (Å²) in [5.74, 6) is 1.70. The molecule has 1 aromatic carbocycles. The summed E-state index contributed by atoms with van der Waals surface area (Å²) in [7, 11) is 3.52. The van der Waals surface area contributed by atoms with E-state index in [0.717, 1.165) is 54.3 Å². The molecule has 0 amide bonds. The Hall–Kier alpha value is -2.71. The minimum atomic E-state index is -0.532. The van der Waals surface area contributed by atoms with Gasteiger partial charge in [-0.15, -0.1) is 0 Å². The molecular formula is C19H24N6O2. The molecule has 1 aliphatic rings. The number of aromatic nitrogens is 4. The average molecular weight is 368 g/mol. The number of hydrogen-bond acceptors (Lipinski definition) is 7. The fourth-order valence-corrected chi connectivity index (χ4v) is 3.54. The van der Waals surface area contributed by atoms with Gasteiger partial charge in [-0.05, 0) is 17.7 Å². The molecule has 2 aromatic heterocycles. The third-order valence-corrected chi connectivity index (χ3v) is 5.09. The molecule has 0 saturated carbocycles. The molecule has 1 saturated heterocycles. The lowest BCUT2D eigenvalue weighted by Crippen LogP contribution is -2.47. The minimum absolute atomic E-state index is 0.532. The van der Waals surface area contributed by atoms with Crippen LogP contribution in [0.15, 0.2) is 36.8 Å². The maximum atomic E-state index is 10.6. The van der Waals surface area contributed by atoms with Gasteiger partial charge in [0, 0.05) is 39.8 Å². The van der Waals surface area contributed by atoms with Crippen LogP contribution in [0, 0.1) is 0 Å². The van der Waals surface area contributed by atoms with Gasteiger partial charge in [0.25, 0.3) is 0 Å². The van der Waals surface area contributed by atoms with E-state index in [9.17, 15) is 5.11 Å². The number of piperazine rings is 1. The van der Waals surface area contributed by atoms with E-state index in [0.29, 0.717) is 6.54 Å². The minimum Gasteiger partial charge on any atom is -0.497 e. The zero-order valence-electron chi connectivity index (χ0n) is 15.6. The Bertz CT molecular complexity index is 919. The molecule has 1 fully saturated rings. The summed E-state index contributed by atoms with van der Waals surface area (Å²) in [6.45, 7) is 4.05. The Balaban J connectivity index is 1.40. The van der Waals surface area contributed by atoms with E-state index in [2.05, 4.69) is 24.9 Å². The van der Waals surface area contributed by atoms with E-state index in [1.807, 2.05) is 37.5 Å². The van der Waals surface area contributed by atoms with E-state index < -0.39 is 6.10 Å². The highest BCUT2D eigenvalue weighted by Gasteiger charge is 2.23. The van der Waals surface area contributed by atoms with Crippen LogP contribution in [0.4, 0.5) is 5.82 Å². The van der Waals surface area contributed by atoms with Gasteiger partial charge in [0.05, 0.1) is 24.8 Å². The van der Waals surface area contributed by atoms with Gasteiger partial charge in [-0.1, -0.05) is 12.1 Å². The van der Waals surface area contributed by atoms with Gasteiger partial charge < -0.3 is 14.7 Å². The number of β-amino-alcohol motifs (C(OH)–C–C–N with tert-alkyl or cyclic N) is 1. The first-order chi connectivity index (χ1) is 13.2. The lowest BCUT2D eigenvalue weighted by molar-refractivity contribution is 0.109. The molecular weight excluding hydrogens is 344 g/mol. The summed E-state index contributed by atoms with van der Waals surface area (Å²) >= 11 is 0.